The van der Waals surface area contributed by atoms with Gasteiger partial charge in [-0.25, -0.2) is 0 Å². The number of carbonyl (C=O) groups is 1. The normalized spacial score (nSPS) is 14.1. The Kier molecular flexibility index (Phi) is 6.73. The maximum absolute atomic E-state index is 12.2. The standard InChI is InChI=1S/C17H28N2O/c1-13(2)11-16(17(20)19(4)5)18-12-14(3)15-9-7-6-8-10-15/h6-10,13-14,16,18H,11-12H2,1-5H3. The van der Waals surface area contributed by atoms with Gasteiger partial charge >= 0.3 is 0 Å². The lowest BCUT2D eigenvalue weighted by Crippen LogP contribution is -2.45. The molecular formula is C17H28N2O. The lowest BCUT2D eigenvalue weighted by atomic mass is 9.99. The van der Waals surface area contributed by atoms with Crippen molar-refractivity contribution in [3.8, 4) is 0 Å². The first-order valence-corrected chi connectivity index (χ1v) is 7.41. The summed E-state index contributed by atoms with van der Waals surface area (Å²) in [5, 5.41) is 3.44. The summed E-state index contributed by atoms with van der Waals surface area (Å²) in [6.45, 7) is 7.31. The molecular weight excluding hydrogens is 248 g/mol. The first kappa shape index (κ1) is 16.7. The number of likely N-dealkylation sites (N-methyl/N-ethyl adjacent to an activating group) is 1. The molecule has 0 spiro atoms. The lowest BCUT2D eigenvalue weighted by Gasteiger charge is -2.25. The van der Waals surface area contributed by atoms with Crippen LogP contribution in [0.25, 0.3) is 0 Å². The molecule has 2 atom stereocenters. The zero-order valence-corrected chi connectivity index (χ0v) is 13.4. The van der Waals surface area contributed by atoms with E-state index < -0.39 is 0 Å². The van der Waals surface area contributed by atoms with Gasteiger partial charge in [-0.1, -0.05) is 51.1 Å². The lowest BCUT2D eigenvalue weighted by molar-refractivity contribution is -0.131. The fourth-order valence-corrected chi connectivity index (χ4v) is 2.27. The zero-order chi connectivity index (χ0) is 15.1. The number of nitrogens with zero attached hydrogens (tertiary/aromatic N) is 1. The molecule has 0 aliphatic carbocycles. The van der Waals surface area contributed by atoms with E-state index in [-0.39, 0.29) is 11.9 Å². The largest absolute Gasteiger partial charge is 0.347 e. The number of nitrogens with one attached hydrogen (secondary N) is 1. The van der Waals surface area contributed by atoms with Gasteiger partial charge in [0, 0.05) is 20.6 Å². The number of benzene rings is 1. The summed E-state index contributed by atoms with van der Waals surface area (Å²) in [7, 11) is 3.63. The number of hydrogen-bond donors (Lipinski definition) is 1. The molecule has 0 aliphatic rings. The van der Waals surface area contributed by atoms with Crippen LogP contribution in [0.5, 0.6) is 0 Å². The highest BCUT2D eigenvalue weighted by atomic mass is 16.2. The Labute approximate surface area is 123 Å². The Balaban J connectivity index is 2.60. The van der Waals surface area contributed by atoms with Gasteiger partial charge in [0.2, 0.25) is 5.91 Å². The minimum absolute atomic E-state index is 0.0869. The predicted octanol–water partition coefficient (Wildman–Crippen LogP) is 2.88. The van der Waals surface area contributed by atoms with Crippen molar-refractivity contribution in [1.82, 2.24) is 10.2 Å². The molecule has 0 saturated carbocycles. The van der Waals surface area contributed by atoms with Crippen LogP contribution < -0.4 is 5.32 Å². The number of hydrogen-bond acceptors (Lipinski definition) is 2. The van der Waals surface area contributed by atoms with Gasteiger partial charge < -0.3 is 10.2 Å². The van der Waals surface area contributed by atoms with Crippen molar-refractivity contribution in [3.05, 3.63) is 35.9 Å². The topological polar surface area (TPSA) is 32.3 Å². The quantitative estimate of drug-likeness (QED) is 0.830. The predicted molar refractivity (Wildman–Crippen MR) is 84.8 cm³/mol. The smallest absolute Gasteiger partial charge is 0.239 e. The molecule has 0 heterocycles. The van der Waals surface area contributed by atoms with Crippen LogP contribution in [0, 0.1) is 5.92 Å². The molecule has 1 rings (SSSR count). The zero-order valence-electron chi connectivity index (χ0n) is 13.4. The summed E-state index contributed by atoms with van der Waals surface area (Å²) >= 11 is 0. The first-order chi connectivity index (χ1) is 9.41. The van der Waals surface area contributed by atoms with Gasteiger partial charge in [-0.3, -0.25) is 4.79 Å². The molecule has 2 unspecified atom stereocenters. The van der Waals surface area contributed by atoms with E-state index in [2.05, 4.69) is 50.4 Å². The van der Waals surface area contributed by atoms with Crippen LogP contribution in [0.4, 0.5) is 0 Å². The Morgan fingerprint density at radius 1 is 1.15 bits per heavy atom. The summed E-state index contributed by atoms with van der Waals surface area (Å²) in [5.74, 6) is 1.07. The molecule has 3 heteroatoms. The van der Waals surface area contributed by atoms with E-state index in [0.29, 0.717) is 11.8 Å². The molecule has 0 aliphatic heterocycles. The monoisotopic (exact) mass is 276 g/mol. The van der Waals surface area contributed by atoms with E-state index in [1.165, 1.54) is 5.56 Å². The summed E-state index contributed by atoms with van der Waals surface area (Å²) in [6.07, 6.45) is 0.874. The molecule has 0 aromatic heterocycles. The molecule has 1 amide bonds. The van der Waals surface area contributed by atoms with E-state index in [1.54, 1.807) is 4.90 Å². The third-order valence-electron chi connectivity index (χ3n) is 3.49. The van der Waals surface area contributed by atoms with Gasteiger partial charge in [-0.15, -0.1) is 0 Å². The minimum Gasteiger partial charge on any atom is -0.347 e. The van der Waals surface area contributed by atoms with Gasteiger partial charge in [-0.05, 0) is 23.8 Å². The molecule has 0 fully saturated rings. The fraction of sp³-hybridized carbons (Fsp3) is 0.588. The minimum atomic E-state index is -0.0869. The molecule has 0 radical (unpaired) electrons. The Morgan fingerprint density at radius 3 is 2.25 bits per heavy atom. The second kappa shape index (κ2) is 8.05. The molecule has 20 heavy (non-hydrogen) atoms. The van der Waals surface area contributed by atoms with Crippen LogP contribution in [-0.2, 0) is 4.79 Å². The molecule has 0 bridgehead atoms. The van der Waals surface area contributed by atoms with Crippen LogP contribution in [0.1, 0.15) is 38.7 Å². The Morgan fingerprint density at radius 2 is 1.75 bits per heavy atom. The van der Waals surface area contributed by atoms with E-state index in [9.17, 15) is 4.79 Å². The summed E-state index contributed by atoms with van der Waals surface area (Å²) in [5.41, 5.74) is 1.31. The maximum Gasteiger partial charge on any atom is 0.239 e. The average Bonchev–Trinajstić information content (AvgIpc) is 2.42. The molecule has 1 aromatic rings. The average molecular weight is 276 g/mol. The van der Waals surface area contributed by atoms with Gasteiger partial charge in [-0.2, -0.15) is 0 Å². The van der Waals surface area contributed by atoms with E-state index in [4.69, 9.17) is 0 Å². The van der Waals surface area contributed by atoms with Gasteiger partial charge in [0.15, 0.2) is 0 Å². The number of rotatable bonds is 7. The first-order valence-electron chi connectivity index (χ1n) is 7.41. The van der Waals surface area contributed by atoms with Gasteiger partial charge in [0.1, 0.15) is 0 Å². The van der Waals surface area contributed by atoms with Crippen LogP contribution in [0.3, 0.4) is 0 Å². The van der Waals surface area contributed by atoms with Crippen molar-refractivity contribution in [2.45, 2.75) is 39.2 Å². The Hall–Kier alpha value is -1.35. The van der Waals surface area contributed by atoms with Crippen LogP contribution >= 0.6 is 0 Å². The number of carbonyl (C=O) groups excluding carboxylic acids is 1. The highest BCUT2D eigenvalue weighted by Gasteiger charge is 2.21. The Bertz CT molecular complexity index is 401. The van der Waals surface area contributed by atoms with Crippen molar-refractivity contribution >= 4 is 5.91 Å². The maximum atomic E-state index is 12.2. The van der Waals surface area contributed by atoms with Crippen molar-refractivity contribution in [3.63, 3.8) is 0 Å². The number of amides is 1. The highest BCUT2D eigenvalue weighted by Crippen LogP contribution is 2.14. The van der Waals surface area contributed by atoms with Crippen molar-refractivity contribution in [2.75, 3.05) is 20.6 Å². The van der Waals surface area contributed by atoms with Gasteiger partial charge in [0.25, 0.3) is 0 Å². The third kappa shape index (κ3) is 5.33. The van der Waals surface area contributed by atoms with Crippen LogP contribution in [-0.4, -0.2) is 37.5 Å². The van der Waals surface area contributed by atoms with E-state index in [0.717, 1.165) is 13.0 Å². The molecule has 1 aromatic carbocycles. The van der Waals surface area contributed by atoms with Crippen molar-refractivity contribution in [2.24, 2.45) is 5.92 Å². The molecule has 3 nitrogen and oxygen atoms in total. The molecule has 0 saturated heterocycles. The summed E-state index contributed by atoms with van der Waals surface area (Å²) in [6, 6.07) is 10.3. The van der Waals surface area contributed by atoms with Gasteiger partial charge in [0.05, 0.1) is 6.04 Å². The van der Waals surface area contributed by atoms with Crippen molar-refractivity contribution < 1.29 is 4.79 Å². The highest BCUT2D eigenvalue weighted by molar-refractivity contribution is 5.81. The second-order valence-electron chi connectivity index (χ2n) is 6.13. The summed E-state index contributed by atoms with van der Waals surface area (Å²) in [4.78, 5) is 13.9. The molecule has 112 valence electrons. The van der Waals surface area contributed by atoms with Crippen LogP contribution in [0.2, 0.25) is 0 Å². The van der Waals surface area contributed by atoms with E-state index in [1.807, 2.05) is 20.2 Å². The SMILES string of the molecule is CC(C)CC(NCC(C)c1ccccc1)C(=O)N(C)C. The van der Waals surface area contributed by atoms with E-state index >= 15 is 0 Å². The van der Waals surface area contributed by atoms with Crippen molar-refractivity contribution in [1.29, 1.82) is 0 Å². The van der Waals surface area contributed by atoms with Crippen LogP contribution in [0.15, 0.2) is 30.3 Å². The summed E-state index contributed by atoms with van der Waals surface area (Å²) < 4.78 is 0. The second-order valence-corrected chi connectivity index (χ2v) is 6.13. The fourth-order valence-electron chi connectivity index (χ4n) is 2.27. The third-order valence-corrected chi connectivity index (χ3v) is 3.49. The molecule has 1 N–H and O–H groups in total.